The van der Waals surface area contributed by atoms with Crippen LogP contribution in [0.15, 0.2) is 49.1 Å². The Balaban J connectivity index is 0.950. The number of unbranched alkanes of at least 4 members (excludes halogenated alkanes) is 1. The van der Waals surface area contributed by atoms with E-state index in [1.165, 1.54) is 38.6 Å². The summed E-state index contributed by atoms with van der Waals surface area (Å²) in [5, 5.41) is 55.9. The second-order valence-corrected chi connectivity index (χ2v) is 20.2. The largest absolute Gasteiger partial charge is 0.445 e. The van der Waals surface area contributed by atoms with Crippen molar-refractivity contribution in [3.8, 4) is 0 Å². The summed E-state index contributed by atoms with van der Waals surface area (Å²) < 4.78 is 10.9. The molecule has 5 heterocycles. The average molecular weight is 1100 g/mol. The quantitative estimate of drug-likeness (QED) is 0.0301. The molecule has 6 rings (SSSR count). The fourth-order valence-electron chi connectivity index (χ4n) is 8.73. The number of ether oxygens (including phenoxy) is 2. The number of nitrogens with one attached hydrogen (secondary N) is 6. The predicted molar refractivity (Wildman–Crippen MR) is 262 cm³/mol. The van der Waals surface area contributed by atoms with Crippen molar-refractivity contribution in [2.75, 3.05) is 30.3 Å². The summed E-state index contributed by atoms with van der Waals surface area (Å²) in [5.41, 5.74) is 1.83. The van der Waals surface area contributed by atoms with E-state index in [4.69, 9.17) is 9.47 Å². The van der Waals surface area contributed by atoms with Crippen LogP contribution in [-0.4, -0.2) is 170 Å². The number of likely N-dealkylation sites (tertiary alicyclic amines) is 2. The van der Waals surface area contributed by atoms with Gasteiger partial charge in [-0.25, -0.2) is 19.7 Å². The zero-order chi connectivity index (χ0) is 51.7. The molecule has 71 heavy (non-hydrogen) atoms. The molecule has 0 bridgehead atoms. The van der Waals surface area contributed by atoms with Crippen LogP contribution in [0, 0.1) is 5.92 Å². The summed E-state index contributed by atoms with van der Waals surface area (Å²) >= 11 is 2.30. The Bertz CT molecular complexity index is 2440. The van der Waals surface area contributed by atoms with E-state index in [-0.39, 0.29) is 65.6 Å². The minimum Gasteiger partial charge on any atom is -0.445 e. The number of alkyl halides is 1. The number of imidazole rings is 1. The highest BCUT2D eigenvalue weighted by Gasteiger charge is 2.50. The molecule has 0 radical (unpaired) electrons. The standard InChI is InChI=1S/C46H62IN11O13/c1-6-8-14-46(47,7-2)28-17-32(62)57(44(28)68)15-13-31(61)54-33(23(3)4)42(67)52-24(5)40(65)53-26-11-9-25(10-12-26)20-70-45(69)58-18-27(60)16-29(58)41(66)55-34-30(19-59)71-43(37(64)36(34)63)56-39-35-38(49-21-48-35)50-22-51-39/h9-12,21-22,24,27-30,33-34,36-37,43,59-60,63-64H,3,6-8,13-20H2,1-2,4-5H3,(H,52,67)(H,53,65)(H,54,61)(H,55,66)(H2,48,49,50,51,56)/t24-,27-,28?,29+,30-,33-,34-,36+,37-,43-,46?/m0/s1. The molecule has 10 N–H and O–H groups in total. The maximum Gasteiger partial charge on any atom is 0.410 e. The van der Waals surface area contributed by atoms with E-state index in [9.17, 15) is 54.0 Å². The number of anilines is 2. The number of rotatable bonds is 21. The van der Waals surface area contributed by atoms with Crippen LogP contribution in [-0.2, 0) is 44.8 Å². The van der Waals surface area contributed by atoms with Gasteiger partial charge in [0.25, 0.3) is 0 Å². The van der Waals surface area contributed by atoms with Gasteiger partial charge in [0.15, 0.2) is 17.7 Å². The molecular formula is C46H62IN11O13. The number of hydrogen-bond acceptors (Lipinski definition) is 17. The summed E-state index contributed by atoms with van der Waals surface area (Å²) in [6, 6.07) is 1.32. The maximum absolute atomic E-state index is 13.6. The molecule has 3 saturated heterocycles. The highest BCUT2D eigenvalue weighted by molar-refractivity contribution is 14.1. The van der Waals surface area contributed by atoms with E-state index in [1.807, 2.05) is 6.92 Å². The lowest BCUT2D eigenvalue weighted by Crippen LogP contribution is -2.67. The Kier molecular flexibility index (Phi) is 18.4. The highest BCUT2D eigenvalue weighted by atomic mass is 127. The van der Waals surface area contributed by atoms with Gasteiger partial charge in [0.2, 0.25) is 35.4 Å². The Morgan fingerprint density at radius 2 is 1.77 bits per heavy atom. The Hall–Kier alpha value is -5.87. The molecule has 2 unspecified atom stereocenters. The fraction of sp³-hybridized carbons (Fsp3) is 0.565. The van der Waals surface area contributed by atoms with E-state index < -0.39 is 97.1 Å². The van der Waals surface area contributed by atoms with E-state index in [1.54, 1.807) is 12.1 Å². The number of benzene rings is 1. The third-order valence-electron chi connectivity index (χ3n) is 12.9. The van der Waals surface area contributed by atoms with Crippen molar-refractivity contribution in [1.29, 1.82) is 0 Å². The number of amides is 7. The summed E-state index contributed by atoms with van der Waals surface area (Å²) in [4.78, 5) is 110. The Labute approximate surface area is 422 Å². The molecule has 3 fully saturated rings. The van der Waals surface area contributed by atoms with Crippen molar-refractivity contribution in [2.45, 2.75) is 137 Å². The van der Waals surface area contributed by atoms with Gasteiger partial charge in [-0.1, -0.05) is 68.0 Å². The number of carbonyl (C=O) groups excluding carboxylic acids is 7. The van der Waals surface area contributed by atoms with E-state index >= 15 is 0 Å². The topological polar surface area (TPSA) is 340 Å². The number of hydrogen-bond donors (Lipinski definition) is 10. The lowest BCUT2D eigenvalue weighted by Gasteiger charge is -2.43. The highest BCUT2D eigenvalue weighted by Crippen LogP contribution is 2.43. The lowest BCUT2D eigenvalue weighted by atomic mass is 9.84. The number of β-amino-alcohol motifs (C(OH)–C–C–N with tert-alkyl or cyclic N) is 1. The predicted octanol–water partition coefficient (Wildman–Crippen LogP) is 0.504. The van der Waals surface area contributed by atoms with Crippen LogP contribution in [0.2, 0.25) is 0 Å². The zero-order valence-corrected chi connectivity index (χ0v) is 42.0. The number of aromatic nitrogens is 4. The molecule has 25 heteroatoms. The molecule has 3 aromatic rings. The average Bonchev–Trinajstić information content (AvgIpc) is 4.08. The SMILES string of the molecule is C=C(C)[C@H](NC(=O)CCN1C(=O)CC(C(I)(CC)CCCC)C1=O)C(=O)N[C@@H](C)C(=O)Nc1ccc(COC(=O)N2C[C@@H](O)C[C@@H]2C(=O)N[C@@H]2[C@@H](O)[C@H](O)[C@@H](Nc3ncnc4nc[nH]c34)O[C@H]2CO)cc1. The third-order valence-corrected chi connectivity index (χ3v) is 15.0. The molecule has 7 amide bonds. The van der Waals surface area contributed by atoms with Crippen LogP contribution >= 0.6 is 22.6 Å². The molecular weight excluding hydrogens is 1040 g/mol. The Morgan fingerprint density at radius 3 is 2.45 bits per heavy atom. The summed E-state index contributed by atoms with van der Waals surface area (Å²) in [7, 11) is 0. The van der Waals surface area contributed by atoms with Gasteiger partial charge >= 0.3 is 6.09 Å². The van der Waals surface area contributed by atoms with Crippen LogP contribution in [0.25, 0.3) is 11.2 Å². The molecule has 0 spiro atoms. The van der Waals surface area contributed by atoms with Crippen LogP contribution in [0.1, 0.15) is 78.2 Å². The van der Waals surface area contributed by atoms with E-state index in [0.29, 0.717) is 22.4 Å². The van der Waals surface area contributed by atoms with Gasteiger partial charge in [0, 0.05) is 34.9 Å². The van der Waals surface area contributed by atoms with Gasteiger partial charge in [-0.05, 0) is 50.0 Å². The first-order chi connectivity index (χ1) is 33.8. The number of aromatic amines is 1. The first-order valence-corrected chi connectivity index (χ1v) is 24.5. The maximum atomic E-state index is 13.6. The van der Waals surface area contributed by atoms with Gasteiger partial charge in [0.1, 0.15) is 54.9 Å². The number of carbonyl (C=O) groups is 7. The van der Waals surface area contributed by atoms with Crippen LogP contribution in [0.5, 0.6) is 0 Å². The van der Waals surface area contributed by atoms with Gasteiger partial charge in [-0.15, -0.1) is 0 Å². The van der Waals surface area contributed by atoms with Crippen molar-refractivity contribution in [2.24, 2.45) is 5.92 Å². The van der Waals surface area contributed by atoms with Gasteiger partial charge < -0.3 is 61.5 Å². The van der Waals surface area contributed by atoms with E-state index in [0.717, 1.165) is 35.5 Å². The number of H-pyrrole nitrogens is 1. The fourth-order valence-corrected chi connectivity index (χ4v) is 9.60. The van der Waals surface area contributed by atoms with E-state index in [2.05, 4.69) is 82.6 Å². The second-order valence-electron chi connectivity index (χ2n) is 18.0. The number of aliphatic hydroxyl groups is 4. The molecule has 24 nitrogen and oxygen atoms in total. The molecule has 11 atom stereocenters. The molecule has 0 saturated carbocycles. The Morgan fingerprint density at radius 1 is 1.04 bits per heavy atom. The molecule has 0 aliphatic carbocycles. The number of fused-ring (bicyclic) bond motifs is 1. The minimum absolute atomic E-state index is 0.0891. The van der Waals surface area contributed by atoms with Crippen LogP contribution in [0.4, 0.5) is 16.3 Å². The third kappa shape index (κ3) is 13.0. The second kappa shape index (κ2) is 24.0. The van der Waals surface area contributed by atoms with Gasteiger partial charge in [-0.2, -0.15) is 0 Å². The van der Waals surface area contributed by atoms with Gasteiger partial charge in [-0.3, -0.25) is 38.6 Å². The first-order valence-electron chi connectivity index (χ1n) is 23.4. The lowest BCUT2D eigenvalue weighted by molar-refractivity contribution is -0.185. The van der Waals surface area contributed by atoms with Gasteiger partial charge in [0.05, 0.1) is 37.5 Å². The normalized spacial score (nSPS) is 25.0. The van der Waals surface area contributed by atoms with Crippen molar-refractivity contribution in [3.05, 3.63) is 54.6 Å². The molecule has 1 aromatic carbocycles. The number of aliphatic hydroxyl groups excluding tert-OH is 4. The summed E-state index contributed by atoms with van der Waals surface area (Å²) in [5.74, 6) is -3.59. The monoisotopic (exact) mass is 1100 g/mol. The first kappa shape index (κ1) is 54.5. The smallest absolute Gasteiger partial charge is 0.410 e. The van der Waals surface area contributed by atoms with Crippen LogP contribution in [0.3, 0.4) is 0 Å². The number of imide groups is 1. The van der Waals surface area contributed by atoms with Crippen molar-refractivity contribution in [3.63, 3.8) is 0 Å². The molecule has 2 aromatic heterocycles. The number of nitrogens with zero attached hydrogens (tertiary/aromatic N) is 5. The van der Waals surface area contributed by atoms with Crippen molar-refractivity contribution in [1.82, 2.24) is 45.7 Å². The number of halogens is 1. The van der Waals surface area contributed by atoms with Crippen LogP contribution < -0.4 is 26.6 Å². The minimum atomic E-state index is -1.66. The van der Waals surface area contributed by atoms with Crippen molar-refractivity contribution < 1.29 is 63.5 Å². The summed E-state index contributed by atoms with van der Waals surface area (Å²) in [6.45, 7) is 9.53. The van der Waals surface area contributed by atoms with Crippen molar-refractivity contribution >= 4 is 86.8 Å². The zero-order valence-electron chi connectivity index (χ0n) is 39.8. The summed E-state index contributed by atoms with van der Waals surface area (Å²) in [6.07, 6.45) is -2.11. The molecule has 3 aliphatic rings. The molecule has 386 valence electrons. The molecule has 3 aliphatic heterocycles.